The molecule has 0 radical (unpaired) electrons. The Bertz CT molecular complexity index is 796. The first-order valence-electron chi connectivity index (χ1n) is 6.01. The van der Waals surface area contributed by atoms with Gasteiger partial charge in [-0.2, -0.15) is 5.10 Å². The molecule has 7 heteroatoms. The summed E-state index contributed by atoms with van der Waals surface area (Å²) >= 11 is 5.97. The molecular weight excluding hydrogens is 298 g/mol. The van der Waals surface area contributed by atoms with Gasteiger partial charge in [0.1, 0.15) is 16.8 Å². The van der Waals surface area contributed by atoms with Crippen LogP contribution in [0.3, 0.4) is 0 Å². The van der Waals surface area contributed by atoms with Crippen molar-refractivity contribution in [3.05, 3.63) is 53.4 Å². The van der Waals surface area contributed by atoms with Gasteiger partial charge in [0.05, 0.1) is 11.9 Å². The fourth-order valence-electron chi connectivity index (χ4n) is 1.93. The molecule has 0 saturated carbocycles. The average molecular weight is 307 g/mol. The molecule has 2 aromatic heterocycles. The largest absolute Gasteiger partial charge is 0.275 e. The van der Waals surface area contributed by atoms with E-state index in [0.717, 1.165) is 23.8 Å². The summed E-state index contributed by atoms with van der Waals surface area (Å²) in [5, 5.41) is 4.23. The van der Waals surface area contributed by atoms with Crippen LogP contribution in [0.2, 0.25) is 5.15 Å². The molecule has 3 rings (SSSR count). The predicted molar refractivity (Wildman–Crippen MR) is 74.6 cm³/mol. The Hall–Kier alpha value is -2.34. The van der Waals surface area contributed by atoms with E-state index in [0.29, 0.717) is 5.69 Å². The summed E-state index contributed by atoms with van der Waals surface area (Å²) in [6.45, 7) is 0. The van der Waals surface area contributed by atoms with Gasteiger partial charge in [0.25, 0.3) is 0 Å². The molecule has 0 aliphatic carbocycles. The second-order valence-corrected chi connectivity index (χ2v) is 4.85. The van der Waals surface area contributed by atoms with Gasteiger partial charge in [-0.15, -0.1) is 0 Å². The smallest absolute Gasteiger partial charge is 0.161 e. The number of halogens is 3. The fraction of sp³-hybridized carbons (Fsp3) is 0.0714. The predicted octanol–water partition coefficient (Wildman–Crippen LogP) is 3.48. The highest BCUT2D eigenvalue weighted by molar-refractivity contribution is 6.29. The average Bonchev–Trinajstić information content (AvgIpc) is 2.83. The van der Waals surface area contributed by atoms with E-state index in [1.165, 1.54) is 0 Å². The highest BCUT2D eigenvalue weighted by Gasteiger charge is 2.11. The first kappa shape index (κ1) is 13.6. The van der Waals surface area contributed by atoms with Gasteiger partial charge in [0.2, 0.25) is 0 Å². The minimum Gasteiger partial charge on any atom is -0.275 e. The van der Waals surface area contributed by atoms with Gasteiger partial charge in [0, 0.05) is 36.5 Å². The number of aryl methyl sites for hydroxylation is 1. The zero-order valence-corrected chi connectivity index (χ0v) is 11.6. The molecule has 0 amide bonds. The van der Waals surface area contributed by atoms with E-state index >= 15 is 0 Å². The van der Waals surface area contributed by atoms with Crippen molar-refractivity contribution in [2.75, 3.05) is 0 Å². The summed E-state index contributed by atoms with van der Waals surface area (Å²) in [6, 6.07) is 4.66. The minimum atomic E-state index is -0.698. The Kier molecular flexibility index (Phi) is 3.39. The SMILES string of the molecule is Cn1cc(-c2cc(Cl)nc(-c3cc(F)cc(F)c3)n2)cn1. The molecule has 0 aliphatic rings. The molecule has 1 aromatic carbocycles. The summed E-state index contributed by atoms with van der Waals surface area (Å²) in [4.78, 5) is 8.30. The normalized spacial score (nSPS) is 10.9. The van der Waals surface area contributed by atoms with Crippen LogP contribution < -0.4 is 0 Å². The summed E-state index contributed by atoms with van der Waals surface area (Å²) in [5.74, 6) is -1.24. The Balaban J connectivity index is 2.13. The van der Waals surface area contributed by atoms with Crippen LogP contribution in [0.4, 0.5) is 8.78 Å². The molecule has 2 heterocycles. The summed E-state index contributed by atoms with van der Waals surface area (Å²) in [6.07, 6.45) is 3.38. The second-order valence-electron chi connectivity index (χ2n) is 4.46. The lowest BCUT2D eigenvalue weighted by atomic mass is 10.2. The van der Waals surface area contributed by atoms with Crippen LogP contribution in [0.15, 0.2) is 36.7 Å². The number of rotatable bonds is 2. The molecule has 0 saturated heterocycles. The third-order valence-corrected chi connectivity index (χ3v) is 3.01. The highest BCUT2D eigenvalue weighted by Crippen LogP contribution is 2.25. The number of aromatic nitrogens is 4. The topological polar surface area (TPSA) is 43.6 Å². The van der Waals surface area contributed by atoms with E-state index < -0.39 is 11.6 Å². The molecule has 0 N–H and O–H groups in total. The van der Waals surface area contributed by atoms with Gasteiger partial charge in [-0.25, -0.2) is 18.7 Å². The molecule has 0 fully saturated rings. The van der Waals surface area contributed by atoms with Crippen LogP contribution in [0, 0.1) is 11.6 Å². The monoisotopic (exact) mass is 306 g/mol. The zero-order chi connectivity index (χ0) is 15.0. The molecular formula is C14H9ClF2N4. The first-order chi connectivity index (χ1) is 10.0. The van der Waals surface area contributed by atoms with Crippen molar-refractivity contribution in [1.82, 2.24) is 19.7 Å². The van der Waals surface area contributed by atoms with Crippen LogP contribution in [-0.2, 0) is 7.05 Å². The molecule has 0 spiro atoms. The van der Waals surface area contributed by atoms with E-state index in [1.807, 2.05) is 0 Å². The van der Waals surface area contributed by atoms with Crippen molar-refractivity contribution in [3.63, 3.8) is 0 Å². The Morgan fingerprint density at radius 3 is 2.33 bits per heavy atom. The van der Waals surface area contributed by atoms with E-state index in [-0.39, 0.29) is 16.5 Å². The first-order valence-corrected chi connectivity index (χ1v) is 6.39. The van der Waals surface area contributed by atoms with Crippen molar-refractivity contribution >= 4 is 11.6 Å². The second kappa shape index (κ2) is 5.21. The van der Waals surface area contributed by atoms with Gasteiger partial charge in [-0.1, -0.05) is 11.6 Å². The summed E-state index contributed by atoms with van der Waals surface area (Å²) in [5.41, 5.74) is 1.49. The van der Waals surface area contributed by atoms with Gasteiger partial charge in [-0.3, -0.25) is 4.68 Å². The van der Waals surface area contributed by atoms with Crippen LogP contribution in [0.1, 0.15) is 0 Å². The van der Waals surface area contributed by atoms with Crippen LogP contribution in [0.25, 0.3) is 22.6 Å². The Morgan fingerprint density at radius 2 is 1.71 bits per heavy atom. The van der Waals surface area contributed by atoms with Crippen molar-refractivity contribution in [2.24, 2.45) is 7.05 Å². The Morgan fingerprint density at radius 1 is 1.00 bits per heavy atom. The molecule has 0 aliphatic heterocycles. The Labute approximate surface area is 124 Å². The summed E-state index contributed by atoms with van der Waals surface area (Å²) < 4.78 is 28.2. The lowest BCUT2D eigenvalue weighted by Gasteiger charge is -2.04. The lowest BCUT2D eigenvalue weighted by Crippen LogP contribution is -1.94. The summed E-state index contributed by atoms with van der Waals surface area (Å²) in [7, 11) is 1.77. The third-order valence-electron chi connectivity index (χ3n) is 2.82. The maximum Gasteiger partial charge on any atom is 0.161 e. The number of hydrogen-bond donors (Lipinski definition) is 0. The quantitative estimate of drug-likeness (QED) is 0.681. The van der Waals surface area contributed by atoms with Gasteiger partial charge in [-0.05, 0) is 12.1 Å². The maximum absolute atomic E-state index is 13.3. The van der Waals surface area contributed by atoms with E-state index in [2.05, 4.69) is 15.1 Å². The molecule has 3 aromatic rings. The van der Waals surface area contributed by atoms with Crippen molar-refractivity contribution < 1.29 is 8.78 Å². The molecule has 0 bridgehead atoms. The lowest BCUT2D eigenvalue weighted by molar-refractivity contribution is 0.584. The minimum absolute atomic E-state index is 0.153. The van der Waals surface area contributed by atoms with Crippen LogP contribution >= 0.6 is 11.6 Å². The van der Waals surface area contributed by atoms with E-state index in [9.17, 15) is 8.78 Å². The van der Waals surface area contributed by atoms with Crippen LogP contribution in [0.5, 0.6) is 0 Å². The van der Waals surface area contributed by atoms with Gasteiger partial charge < -0.3 is 0 Å². The fourth-order valence-corrected chi connectivity index (χ4v) is 2.11. The maximum atomic E-state index is 13.3. The van der Waals surface area contributed by atoms with E-state index in [1.54, 1.807) is 30.2 Å². The molecule has 21 heavy (non-hydrogen) atoms. The number of nitrogens with zero attached hydrogens (tertiary/aromatic N) is 4. The standard InChI is InChI=1S/C14H9ClF2N4/c1-21-7-9(6-18-21)12-5-13(15)20-14(19-12)8-2-10(16)4-11(17)3-8/h2-7H,1H3. The van der Waals surface area contributed by atoms with Gasteiger partial charge in [0.15, 0.2) is 5.82 Å². The van der Waals surface area contributed by atoms with Crippen molar-refractivity contribution in [2.45, 2.75) is 0 Å². The van der Waals surface area contributed by atoms with E-state index in [4.69, 9.17) is 11.6 Å². The molecule has 4 nitrogen and oxygen atoms in total. The highest BCUT2D eigenvalue weighted by atomic mass is 35.5. The number of hydrogen-bond acceptors (Lipinski definition) is 3. The van der Waals surface area contributed by atoms with Crippen molar-refractivity contribution in [1.29, 1.82) is 0 Å². The van der Waals surface area contributed by atoms with Crippen molar-refractivity contribution in [3.8, 4) is 22.6 Å². The molecule has 0 atom stereocenters. The molecule has 0 unspecified atom stereocenters. The zero-order valence-electron chi connectivity index (χ0n) is 10.9. The number of benzene rings is 1. The third kappa shape index (κ3) is 2.90. The van der Waals surface area contributed by atoms with Gasteiger partial charge >= 0.3 is 0 Å². The molecule has 106 valence electrons. The van der Waals surface area contributed by atoms with Crippen LogP contribution in [-0.4, -0.2) is 19.7 Å².